The molecule has 0 amide bonds. The Balaban J connectivity index is 1.34. The Hall–Kier alpha value is -2.80. The van der Waals surface area contributed by atoms with E-state index in [1.54, 1.807) is 0 Å². The standard InChI is InChI=1S/C25H36N6O/c1-3-26-25(31-13-10-23(11-14-31)32-22-7-5-4-6-8-22)28-20-21-9-12-27-24(19-21)30-17-15-29(2)16-18-30/h4-9,12,19,23H,3,10-11,13-18,20H2,1-2H3,(H,26,28). The van der Waals surface area contributed by atoms with Crippen LogP contribution in [0.3, 0.4) is 0 Å². The number of rotatable bonds is 6. The molecule has 4 rings (SSSR count). The summed E-state index contributed by atoms with van der Waals surface area (Å²) in [5.41, 5.74) is 1.20. The van der Waals surface area contributed by atoms with E-state index in [1.165, 1.54) is 5.56 Å². The Bertz CT molecular complexity index is 858. The third kappa shape index (κ3) is 6.13. The number of para-hydroxylation sites is 1. The molecule has 7 nitrogen and oxygen atoms in total. The minimum absolute atomic E-state index is 0.267. The topological polar surface area (TPSA) is 56.2 Å². The molecule has 2 aliphatic heterocycles. The highest BCUT2D eigenvalue weighted by molar-refractivity contribution is 5.80. The fourth-order valence-electron chi connectivity index (χ4n) is 4.24. The molecule has 1 N–H and O–H groups in total. The van der Waals surface area contributed by atoms with Gasteiger partial charge in [-0.15, -0.1) is 0 Å². The van der Waals surface area contributed by atoms with Crippen molar-refractivity contribution in [2.24, 2.45) is 4.99 Å². The van der Waals surface area contributed by atoms with E-state index in [0.29, 0.717) is 6.54 Å². The third-order valence-corrected chi connectivity index (χ3v) is 6.17. The monoisotopic (exact) mass is 436 g/mol. The summed E-state index contributed by atoms with van der Waals surface area (Å²) < 4.78 is 6.15. The van der Waals surface area contributed by atoms with E-state index in [9.17, 15) is 0 Å². The molecule has 0 radical (unpaired) electrons. The zero-order valence-electron chi connectivity index (χ0n) is 19.4. The molecule has 1 aromatic heterocycles. The number of piperazine rings is 1. The lowest BCUT2D eigenvalue weighted by atomic mass is 10.1. The van der Waals surface area contributed by atoms with Gasteiger partial charge in [-0.3, -0.25) is 0 Å². The number of likely N-dealkylation sites (N-methyl/N-ethyl adjacent to an activating group) is 1. The van der Waals surface area contributed by atoms with Crippen LogP contribution in [-0.2, 0) is 6.54 Å². The van der Waals surface area contributed by atoms with Gasteiger partial charge in [-0.2, -0.15) is 0 Å². The van der Waals surface area contributed by atoms with Gasteiger partial charge in [0.1, 0.15) is 17.7 Å². The number of anilines is 1. The van der Waals surface area contributed by atoms with Crippen molar-refractivity contribution in [3.05, 3.63) is 54.2 Å². The first-order valence-electron chi connectivity index (χ1n) is 11.8. The quantitative estimate of drug-likeness (QED) is 0.555. The summed E-state index contributed by atoms with van der Waals surface area (Å²) in [5, 5.41) is 3.47. The highest BCUT2D eigenvalue weighted by Gasteiger charge is 2.23. The average molecular weight is 437 g/mol. The van der Waals surface area contributed by atoms with Gasteiger partial charge in [0, 0.05) is 64.9 Å². The van der Waals surface area contributed by atoms with Gasteiger partial charge in [0.15, 0.2) is 5.96 Å². The molecule has 0 bridgehead atoms. The Morgan fingerprint density at radius 1 is 1.06 bits per heavy atom. The summed E-state index contributed by atoms with van der Waals surface area (Å²) in [6.07, 6.45) is 4.19. The minimum atomic E-state index is 0.267. The molecule has 1 aromatic carbocycles. The lowest BCUT2D eigenvalue weighted by Crippen LogP contribution is -2.47. The SMILES string of the molecule is CCNC(=NCc1ccnc(N2CCN(C)CC2)c1)N1CCC(Oc2ccccc2)CC1. The first kappa shape index (κ1) is 22.4. The predicted molar refractivity (Wildman–Crippen MR) is 130 cm³/mol. The first-order valence-corrected chi connectivity index (χ1v) is 11.8. The second-order valence-electron chi connectivity index (χ2n) is 8.60. The highest BCUT2D eigenvalue weighted by Crippen LogP contribution is 2.19. The summed E-state index contributed by atoms with van der Waals surface area (Å²) in [5.74, 6) is 3.01. The van der Waals surface area contributed by atoms with Crippen molar-refractivity contribution in [1.29, 1.82) is 0 Å². The van der Waals surface area contributed by atoms with Crippen LogP contribution in [0.15, 0.2) is 53.7 Å². The molecule has 2 saturated heterocycles. The predicted octanol–water partition coefficient (Wildman–Crippen LogP) is 2.84. The molecule has 0 aliphatic carbocycles. The lowest BCUT2D eigenvalue weighted by Gasteiger charge is -2.34. The molecule has 7 heteroatoms. The van der Waals surface area contributed by atoms with Crippen LogP contribution in [0.1, 0.15) is 25.3 Å². The van der Waals surface area contributed by atoms with E-state index >= 15 is 0 Å². The van der Waals surface area contributed by atoms with Crippen LogP contribution in [-0.4, -0.2) is 79.7 Å². The number of ether oxygens (including phenoxy) is 1. The number of likely N-dealkylation sites (tertiary alicyclic amines) is 1. The molecular formula is C25H36N6O. The molecule has 0 saturated carbocycles. The largest absolute Gasteiger partial charge is 0.490 e. The van der Waals surface area contributed by atoms with Gasteiger partial charge in [0.05, 0.1) is 6.54 Å². The van der Waals surface area contributed by atoms with Gasteiger partial charge in [-0.05, 0) is 43.8 Å². The number of aliphatic imine (C=N–C) groups is 1. The second kappa shape index (κ2) is 11.2. The zero-order chi connectivity index (χ0) is 22.2. The lowest BCUT2D eigenvalue weighted by molar-refractivity contribution is 0.129. The number of guanidine groups is 1. The van der Waals surface area contributed by atoms with Crippen molar-refractivity contribution < 1.29 is 4.74 Å². The number of hydrogen-bond donors (Lipinski definition) is 1. The fraction of sp³-hybridized carbons (Fsp3) is 0.520. The maximum Gasteiger partial charge on any atom is 0.194 e. The molecule has 32 heavy (non-hydrogen) atoms. The van der Waals surface area contributed by atoms with E-state index in [1.807, 2.05) is 36.5 Å². The minimum Gasteiger partial charge on any atom is -0.490 e. The van der Waals surface area contributed by atoms with Gasteiger partial charge in [-0.25, -0.2) is 9.98 Å². The Morgan fingerprint density at radius 3 is 2.53 bits per heavy atom. The van der Waals surface area contributed by atoms with E-state index in [-0.39, 0.29) is 6.10 Å². The Kier molecular flexibility index (Phi) is 7.82. The van der Waals surface area contributed by atoms with Crippen molar-refractivity contribution in [3.8, 4) is 5.75 Å². The van der Waals surface area contributed by atoms with Crippen LogP contribution in [0.5, 0.6) is 5.75 Å². The Labute approximate surface area is 192 Å². The summed E-state index contributed by atoms with van der Waals surface area (Å²) in [6, 6.07) is 14.4. The molecule has 3 heterocycles. The number of piperidine rings is 1. The molecule has 2 aromatic rings. The number of pyridine rings is 1. The highest BCUT2D eigenvalue weighted by atomic mass is 16.5. The van der Waals surface area contributed by atoms with E-state index in [0.717, 1.165) is 76.2 Å². The maximum absolute atomic E-state index is 6.15. The van der Waals surface area contributed by atoms with Gasteiger partial charge in [0.2, 0.25) is 0 Å². The van der Waals surface area contributed by atoms with Gasteiger partial charge in [-0.1, -0.05) is 18.2 Å². The van der Waals surface area contributed by atoms with E-state index in [4.69, 9.17) is 9.73 Å². The smallest absolute Gasteiger partial charge is 0.194 e. The van der Waals surface area contributed by atoms with Crippen molar-refractivity contribution >= 4 is 11.8 Å². The normalized spacial score (nSPS) is 18.6. The number of hydrogen-bond acceptors (Lipinski definition) is 5. The fourth-order valence-corrected chi connectivity index (χ4v) is 4.24. The number of nitrogens with one attached hydrogen (secondary N) is 1. The number of benzene rings is 1. The average Bonchev–Trinajstić information content (AvgIpc) is 2.84. The van der Waals surface area contributed by atoms with Crippen molar-refractivity contribution in [2.75, 3.05) is 57.8 Å². The number of nitrogens with zero attached hydrogens (tertiary/aromatic N) is 5. The van der Waals surface area contributed by atoms with E-state index < -0.39 is 0 Å². The molecule has 2 aliphatic rings. The molecule has 172 valence electrons. The number of aromatic nitrogens is 1. The second-order valence-corrected chi connectivity index (χ2v) is 8.60. The van der Waals surface area contributed by atoms with Crippen LogP contribution in [0.25, 0.3) is 0 Å². The summed E-state index contributed by atoms with van der Waals surface area (Å²) in [7, 11) is 2.18. The van der Waals surface area contributed by atoms with Crippen LogP contribution >= 0.6 is 0 Å². The molecule has 0 unspecified atom stereocenters. The van der Waals surface area contributed by atoms with Crippen LogP contribution < -0.4 is 15.0 Å². The summed E-state index contributed by atoms with van der Waals surface area (Å²) in [4.78, 5) is 16.6. The molecular weight excluding hydrogens is 400 g/mol. The molecule has 0 spiro atoms. The van der Waals surface area contributed by atoms with Crippen LogP contribution in [0.2, 0.25) is 0 Å². The van der Waals surface area contributed by atoms with Gasteiger partial charge in [0.25, 0.3) is 0 Å². The van der Waals surface area contributed by atoms with Crippen LogP contribution in [0.4, 0.5) is 5.82 Å². The van der Waals surface area contributed by atoms with Crippen LogP contribution in [0, 0.1) is 0 Å². The summed E-state index contributed by atoms with van der Waals surface area (Å²) >= 11 is 0. The molecule has 0 atom stereocenters. The first-order chi connectivity index (χ1) is 15.7. The van der Waals surface area contributed by atoms with Crippen molar-refractivity contribution in [2.45, 2.75) is 32.4 Å². The third-order valence-electron chi connectivity index (χ3n) is 6.17. The zero-order valence-corrected chi connectivity index (χ0v) is 19.4. The molecule has 2 fully saturated rings. The van der Waals surface area contributed by atoms with Gasteiger partial charge >= 0.3 is 0 Å². The van der Waals surface area contributed by atoms with Crippen molar-refractivity contribution in [3.63, 3.8) is 0 Å². The van der Waals surface area contributed by atoms with E-state index in [2.05, 4.69) is 51.1 Å². The summed E-state index contributed by atoms with van der Waals surface area (Å²) in [6.45, 7) is 9.76. The Morgan fingerprint density at radius 2 is 1.81 bits per heavy atom. The van der Waals surface area contributed by atoms with Crippen molar-refractivity contribution in [1.82, 2.24) is 20.1 Å². The maximum atomic E-state index is 6.15. The van der Waals surface area contributed by atoms with Gasteiger partial charge < -0.3 is 24.8 Å².